The van der Waals surface area contributed by atoms with Gasteiger partial charge in [-0.25, -0.2) is 0 Å². The van der Waals surface area contributed by atoms with Crippen molar-refractivity contribution < 1.29 is 4.74 Å². The van der Waals surface area contributed by atoms with Gasteiger partial charge in [0.25, 0.3) is 0 Å². The zero-order valence-corrected chi connectivity index (χ0v) is 33.5. The molecule has 7 rings (SSSR count). The molecule has 2 fully saturated rings. The van der Waals surface area contributed by atoms with Crippen LogP contribution in [0, 0.1) is 18.8 Å². The molecule has 0 bridgehead atoms. The first-order valence-electron chi connectivity index (χ1n) is 20.7. The van der Waals surface area contributed by atoms with Crippen LogP contribution in [0.2, 0.25) is 12.6 Å². The lowest BCUT2D eigenvalue weighted by atomic mass is 9.94. The van der Waals surface area contributed by atoms with Crippen LogP contribution < -0.4 is 5.19 Å². The molecule has 0 N–H and O–H groups in total. The van der Waals surface area contributed by atoms with E-state index in [1.807, 2.05) is 0 Å². The minimum Gasteiger partial charge on any atom is -0.376 e. The molecule has 0 radical (unpaired) electrons. The van der Waals surface area contributed by atoms with Crippen molar-refractivity contribution >= 4 is 13.3 Å². The molecule has 2 unspecified atom stereocenters. The molecule has 1 nitrogen and oxygen atoms in total. The highest BCUT2D eigenvalue weighted by molar-refractivity contribution is 6.93. The minimum atomic E-state index is -2.23. The lowest BCUT2D eigenvalue weighted by Gasteiger charge is -2.38. The summed E-state index contributed by atoms with van der Waals surface area (Å²) in [5.74, 6) is 1.70. The Labute approximate surface area is 311 Å². The van der Waals surface area contributed by atoms with Crippen molar-refractivity contribution in [3.63, 3.8) is 0 Å². The van der Waals surface area contributed by atoms with E-state index in [0.29, 0.717) is 5.54 Å². The summed E-state index contributed by atoms with van der Waals surface area (Å²) in [5, 5.41) is 1.71. The summed E-state index contributed by atoms with van der Waals surface area (Å²) < 4.78 is 6.12. The van der Waals surface area contributed by atoms with E-state index in [0.717, 1.165) is 24.9 Å². The number of hydrogen-bond donors (Lipinski definition) is 0. The first-order valence-corrected chi connectivity index (χ1v) is 23.5. The molecule has 0 heterocycles. The number of benzene rings is 4. The zero-order valence-electron chi connectivity index (χ0n) is 32.5. The Morgan fingerprint density at radius 3 is 1.84 bits per heavy atom. The van der Waals surface area contributed by atoms with Crippen LogP contribution in [-0.4, -0.2) is 20.3 Å². The molecule has 0 saturated heterocycles. The number of fused-ring (bicyclic) bond motifs is 3. The van der Waals surface area contributed by atoms with E-state index < -0.39 is 8.07 Å². The van der Waals surface area contributed by atoms with Crippen molar-refractivity contribution in [1.29, 1.82) is 0 Å². The van der Waals surface area contributed by atoms with Crippen molar-refractivity contribution in [2.45, 2.75) is 141 Å². The maximum absolute atomic E-state index is 6.12. The standard InChI is InChI=1S/C49H64OSi/c1-36-18-8-13-23-41(36)44-29-27-40(33-38-21-11-12-22-38)35-47(44)51(5,31-17-7-6-16-30-50-49(2,3)4)48-45-25-15-14-24-42(45)43-28-26-39(34-46(43)48)32-37-19-9-10-20-37/h8,13-15,18,23-29,34-35,37-38,48H,6-7,9-12,16-17,19-22,30-33H2,1-5H3. The number of ether oxygens (including phenoxy) is 1. The summed E-state index contributed by atoms with van der Waals surface area (Å²) in [7, 11) is -2.23. The Hall–Kier alpha value is -2.94. The van der Waals surface area contributed by atoms with Gasteiger partial charge in [-0.2, -0.15) is 0 Å². The van der Waals surface area contributed by atoms with Crippen LogP contribution in [0.4, 0.5) is 0 Å². The molecular weight excluding hydrogens is 633 g/mol. The van der Waals surface area contributed by atoms with Crippen LogP contribution in [0.15, 0.2) is 84.9 Å². The van der Waals surface area contributed by atoms with Crippen LogP contribution in [0.3, 0.4) is 0 Å². The lowest BCUT2D eigenvalue weighted by Crippen LogP contribution is -2.51. The van der Waals surface area contributed by atoms with Gasteiger partial charge < -0.3 is 4.74 Å². The normalized spacial score (nSPS) is 19.0. The molecule has 2 saturated carbocycles. The van der Waals surface area contributed by atoms with Gasteiger partial charge in [-0.15, -0.1) is 0 Å². The second kappa shape index (κ2) is 16.0. The van der Waals surface area contributed by atoms with Gasteiger partial charge in [-0.3, -0.25) is 0 Å². The van der Waals surface area contributed by atoms with E-state index in [4.69, 9.17) is 4.74 Å². The molecule has 0 aromatic heterocycles. The van der Waals surface area contributed by atoms with Crippen molar-refractivity contribution in [2.75, 3.05) is 6.61 Å². The largest absolute Gasteiger partial charge is 0.376 e. The molecule has 2 heteroatoms. The molecule has 0 aliphatic heterocycles. The molecule has 3 aliphatic carbocycles. The Kier molecular flexibility index (Phi) is 11.4. The summed E-state index contributed by atoms with van der Waals surface area (Å²) >= 11 is 0. The molecular formula is C49H64OSi. The van der Waals surface area contributed by atoms with Crippen LogP contribution in [0.25, 0.3) is 22.3 Å². The molecule has 4 aromatic rings. The molecule has 270 valence electrons. The maximum atomic E-state index is 6.12. The number of aryl methyl sites for hydroxylation is 1. The summed E-state index contributed by atoms with van der Waals surface area (Å²) in [5.41, 5.74) is 14.1. The Morgan fingerprint density at radius 1 is 0.608 bits per heavy atom. The van der Waals surface area contributed by atoms with Crippen molar-refractivity contribution in [3.8, 4) is 22.3 Å². The summed E-state index contributed by atoms with van der Waals surface area (Å²) in [6.07, 6.45) is 18.7. The van der Waals surface area contributed by atoms with Gasteiger partial charge in [0.2, 0.25) is 0 Å². The maximum Gasteiger partial charge on any atom is 0.0965 e. The van der Waals surface area contributed by atoms with E-state index in [1.165, 1.54) is 117 Å². The van der Waals surface area contributed by atoms with E-state index in [2.05, 4.69) is 119 Å². The summed E-state index contributed by atoms with van der Waals surface area (Å²) in [6, 6.07) is 35.5. The monoisotopic (exact) mass is 696 g/mol. The Bertz CT molecular complexity index is 1770. The molecule has 3 aliphatic rings. The Morgan fingerprint density at radius 2 is 1.18 bits per heavy atom. The topological polar surface area (TPSA) is 9.23 Å². The second-order valence-electron chi connectivity index (χ2n) is 17.9. The number of unbranched alkanes of at least 4 members (excludes halogenated alkanes) is 3. The van der Waals surface area contributed by atoms with Gasteiger partial charge in [-0.1, -0.05) is 173 Å². The van der Waals surface area contributed by atoms with Gasteiger partial charge >= 0.3 is 0 Å². The van der Waals surface area contributed by atoms with Gasteiger partial charge in [0, 0.05) is 12.1 Å². The van der Waals surface area contributed by atoms with Gasteiger partial charge in [0.05, 0.1) is 13.7 Å². The van der Waals surface area contributed by atoms with Gasteiger partial charge in [0.1, 0.15) is 0 Å². The first-order chi connectivity index (χ1) is 24.7. The van der Waals surface area contributed by atoms with Gasteiger partial charge in [0.15, 0.2) is 0 Å². The molecule has 4 aromatic carbocycles. The van der Waals surface area contributed by atoms with E-state index in [-0.39, 0.29) is 5.60 Å². The Balaban J connectivity index is 1.32. The van der Waals surface area contributed by atoms with E-state index in [9.17, 15) is 0 Å². The predicted molar refractivity (Wildman–Crippen MR) is 222 cm³/mol. The van der Waals surface area contributed by atoms with Crippen molar-refractivity contribution in [2.24, 2.45) is 11.8 Å². The first kappa shape index (κ1) is 36.4. The average molecular weight is 697 g/mol. The lowest BCUT2D eigenvalue weighted by molar-refractivity contribution is -0.00471. The molecule has 0 amide bonds. The fraction of sp³-hybridized carbons (Fsp3) is 0.510. The van der Waals surface area contributed by atoms with Crippen LogP contribution >= 0.6 is 0 Å². The van der Waals surface area contributed by atoms with Crippen LogP contribution in [0.5, 0.6) is 0 Å². The molecule has 2 atom stereocenters. The zero-order chi connectivity index (χ0) is 35.4. The quantitative estimate of drug-likeness (QED) is 0.0942. The van der Waals surface area contributed by atoms with Crippen LogP contribution in [-0.2, 0) is 17.6 Å². The van der Waals surface area contributed by atoms with Crippen molar-refractivity contribution in [3.05, 3.63) is 113 Å². The third-order valence-corrected chi connectivity index (χ3v) is 17.8. The smallest absolute Gasteiger partial charge is 0.0965 e. The SMILES string of the molecule is Cc1ccccc1-c1ccc(CC2CCCC2)cc1[Si](C)(CCCCCCOC(C)(C)C)C1c2ccccc2-c2ccc(CC3CCCC3)cc21. The third kappa shape index (κ3) is 8.34. The number of hydrogen-bond acceptors (Lipinski definition) is 1. The van der Waals surface area contributed by atoms with Gasteiger partial charge in [-0.05, 0) is 109 Å². The van der Waals surface area contributed by atoms with Crippen molar-refractivity contribution in [1.82, 2.24) is 0 Å². The number of rotatable bonds is 14. The summed E-state index contributed by atoms with van der Waals surface area (Å²) in [6.45, 7) is 12.5. The minimum absolute atomic E-state index is 0.0547. The highest BCUT2D eigenvalue weighted by atomic mass is 28.3. The second-order valence-corrected chi connectivity index (χ2v) is 22.3. The molecule has 51 heavy (non-hydrogen) atoms. The predicted octanol–water partition coefficient (Wildman–Crippen LogP) is 13.1. The van der Waals surface area contributed by atoms with Crippen LogP contribution in [0.1, 0.15) is 131 Å². The summed E-state index contributed by atoms with van der Waals surface area (Å²) in [4.78, 5) is 0. The fourth-order valence-corrected chi connectivity index (χ4v) is 15.3. The van der Waals surface area contributed by atoms with E-state index >= 15 is 0 Å². The highest BCUT2D eigenvalue weighted by Gasteiger charge is 2.46. The third-order valence-electron chi connectivity index (χ3n) is 12.9. The van der Waals surface area contributed by atoms with E-state index in [1.54, 1.807) is 27.4 Å². The average Bonchev–Trinajstić information content (AvgIpc) is 3.89. The highest BCUT2D eigenvalue weighted by Crippen LogP contribution is 2.51. The fourth-order valence-electron chi connectivity index (χ4n) is 10.2. The molecule has 0 spiro atoms.